The predicted octanol–water partition coefficient (Wildman–Crippen LogP) is 2.69. The fraction of sp³-hybridized carbons (Fsp3) is 0.273. The highest BCUT2D eigenvalue weighted by atomic mass is 19.4. The molecule has 0 radical (unpaired) electrons. The lowest BCUT2D eigenvalue weighted by Gasteiger charge is -2.10. The number of aryl methyl sites for hydroxylation is 1. The van der Waals surface area contributed by atoms with Gasteiger partial charge in [0.1, 0.15) is 6.42 Å². The van der Waals surface area contributed by atoms with E-state index in [9.17, 15) is 18.0 Å². The Kier molecular flexibility index (Phi) is 4.30. The molecule has 2 N–H and O–H groups in total. The number of hydrogen-bond donors (Lipinski definition) is 2. The van der Waals surface area contributed by atoms with E-state index >= 15 is 0 Å². The number of anilines is 1. The summed E-state index contributed by atoms with van der Waals surface area (Å²) in [5.74, 6) is -1.14. The van der Waals surface area contributed by atoms with Gasteiger partial charge in [0.05, 0.1) is 6.21 Å². The highest BCUT2D eigenvalue weighted by Gasteiger charge is 2.31. The molecule has 4 nitrogen and oxygen atoms in total. The van der Waals surface area contributed by atoms with Crippen molar-refractivity contribution in [2.45, 2.75) is 19.5 Å². The van der Waals surface area contributed by atoms with Gasteiger partial charge in [-0.05, 0) is 24.1 Å². The highest BCUT2D eigenvalue weighted by Crippen LogP contribution is 2.22. The monoisotopic (exact) mass is 260 g/mol. The van der Waals surface area contributed by atoms with E-state index in [1.54, 1.807) is 19.1 Å². The lowest BCUT2D eigenvalue weighted by molar-refractivity contribution is -0.150. The molecule has 0 aromatic heterocycles. The molecule has 98 valence electrons. The Bertz CT molecular complexity index is 470. The normalized spacial score (nSPS) is 11.8. The molecule has 0 aliphatic carbocycles. The van der Waals surface area contributed by atoms with Crippen LogP contribution in [0.15, 0.2) is 23.4 Å². The van der Waals surface area contributed by atoms with Gasteiger partial charge in [-0.2, -0.15) is 13.2 Å². The van der Waals surface area contributed by atoms with Crippen LogP contribution in [0.25, 0.3) is 0 Å². The van der Waals surface area contributed by atoms with Crippen molar-refractivity contribution in [3.05, 3.63) is 29.3 Å². The first-order valence-electron chi connectivity index (χ1n) is 4.96. The number of halogens is 3. The van der Waals surface area contributed by atoms with Gasteiger partial charge in [-0.3, -0.25) is 4.79 Å². The first-order chi connectivity index (χ1) is 8.31. The summed E-state index contributed by atoms with van der Waals surface area (Å²) in [6, 6.07) is 4.62. The summed E-state index contributed by atoms with van der Waals surface area (Å²) in [7, 11) is 0. The fourth-order valence-electron chi connectivity index (χ4n) is 1.30. The van der Waals surface area contributed by atoms with E-state index in [0.29, 0.717) is 11.1 Å². The fourth-order valence-corrected chi connectivity index (χ4v) is 1.30. The first-order valence-corrected chi connectivity index (χ1v) is 4.96. The molecule has 18 heavy (non-hydrogen) atoms. The van der Waals surface area contributed by atoms with Crippen LogP contribution in [-0.4, -0.2) is 23.5 Å². The molecule has 0 saturated carbocycles. The molecule has 0 saturated heterocycles. The van der Waals surface area contributed by atoms with Crippen LogP contribution < -0.4 is 5.32 Å². The largest absolute Gasteiger partial charge is 0.411 e. The van der Waals surface area contributed by atoms with Crippen molar-refractivity contribution in [1.29, 1.82) is 0 Å². The van der Waals surface area contributed by atoms with Gasteiger partial charge in [0.2, 0.25) is 5.91 Å². The Hall–Kier alpha value is -2.05. The number of amides is 1. The number of benzene rings is 1. The van der Waals surface area contributed by atoms with Crippen LogP contribution in [0.2, 0.25) is 0 Å². The second-order valence-corrected chi connectivity index (χ2v) is 3.66. The maximum absolute atomic E-state index is 12.0. The van der Waals surface area contributed by atoms with E-state index in [1.807, 2.05) is 0 Å². The first kappa shape index (κ1) is 14.0. The van der Waals surface area contributed by atoms with Crippen molar-refractivity contribution >= 4 is 17.8 Å². The van der Waals surface area contributed by atoms with Crippen molar-refractivity contribution in [1.82, 2.24) is 0 Å². The number of oxime groups is 1. The minimum atomic E-state index is -4.54. The molecule has 0 atom stereocenters. The number of nitrogens with one attached hydrogen (secondary N) is 1. The van der Waals surface area contributed by atoms with Gasteiger partial charge in [-0.15, -0.1) is 0 Å². The van der Waals surface area contributed by atoms with Gasteiger partial charge in [0.15, 0.2) is 0 Å². The van der Waals surface area contributed by atoms with Gasteiger partial charge in [-0.25, -0.2) is 0 Å². The Balaban J connectivity index is 2.83. The number of carbonyl (C=O) groups is 1. The second kappa shape index (κ2) is 5.52. The summed E-state index contributed by atoms with van der Waals surface area (Å²) in [6.07, 6.45) is -4.97. The number of alkyl halides is 3. The molecule has 0 aliphatic heterocycles. The van der Waals surface area contributed by atoms with E-state index in [0.717, 1.165) is 6.21 Å². The summed E-state index contributed by atoms with van der Waals surface area (Å²) in [4.78, 5) is 11.1. The van der Waals surface area contributed by atoms with Crippen molar-refractivity contribution in [3.8, 4) is 0 Å². The SMILES string of the molecule is Cc1ccc(/C=N\O)cc1NC(=O)CC(F)(F)F. The van der Waals surface area contributed by atoms with Crippen LogP contribution in [0.4, 0.5) is 18.9 Å². The van der Waals surface area contributed by atoms with E-state index in [4.69, 9.17) is 5.21 Å². The molecule has 1 rings (SSSR count). The smallest absolute Gasteiger partial charge is 0.397 e. The Morgan fingerprint density at radius 3 is 2.72 bits per heavy atom. The van der Waals surface area contributed by atoms with E-state index in [2.05, 4.69) is 10.5 Å². The minimum absolute atomic E-state index is 0.252. The summed E-state index contributed by atoms with van der Waals surface area (Å²) < 4.78 is 36.0. The van der Waals surface area contributed by atoms with E-state index in [-0.39, 0.29) is 5.69 Å². The van der Waals surface area contributed by atoms with Crippen LogP contribution in [0.1, 0.15) is 17.5 Å². The third-order valence-electron chi connectivity index (χ3n) is 2.10. The van der Waals surface area contributed by atoms with Crippen molar-refractivity contribution < 1.29 is 23.2 Å². The zero-order chi connectivity index (χ0) is 13.8. The number of rotatable bonds is 3. The molecule has 1 amide bonds. The zero-order valence-corrected chi connectivity index (χ0v) is 9.45. The van der Waals surface area contributed by atoms with Crippen LogP contribution in [0.3, 0.4) is 0 Å². The third-order valence-corrected chi connectivity index (χ3v) is 2.10. The molecule has 0 heterocycles. The Morgan fingerprint density at radius 2 is 2.17 bits per heavy atom. The maximum atomic E-state index is 12.0. The quantitative estimate of drug-likeness (QED) is 0.498. The third kappa shape index (κ3) is 4.44. The molecule has 7 heteroatoms. The van der Waals surface area contributed by atoms with Gasteiger partial charge < -0.3 is 10.5 Å². The van der Waals surface area contributed by atoms with Crippen LogP contribution in [-0.2, 0) is 4.79 Å². The predicted molar refractivity (Wildman–Crippen MR) is 59.9 cm³/mol. The summed E-state index contributed by atoms with van der Waals surface area (Å²) in [5.41, 5.74) is 1.33. The molecule has 1 aromatic carbocycles. The zero-order valence-electron chi connectivity index (χ0n) is 9.45. The second-order valence-electron chi connectivity index (χ2n) is 3.66. The van der Waals surface area contributed by atoms with E-state index in [1.165, 1.54) is 6.07 Å². The van der Waals surface area contributed by atoms with Crippen molar-refractivity contribution in [2.24, 2.45) is 5.16 Å². The standard InChI is InChI=1S/C11H11F3N2O2/c1-7-2-3-8(6-15-18)4-9(7)16-10(17)5-11(12,13)14/h2-4,6,18H,5H2,1H3,(H,16,17)/b15-6-. The Labute approximate surface area is 101 Å². The van der Waals surface area contributed by atoms with Crippen LogP contribution in [0.5, 0.6) is 0 Å². The number of nitrogens with zero attached hydrogens (tertiary/aromatic N) is 1. The highest BCUT2D eigenvalue weighted by molar-refractivity contribution is 5.93. The lowest BCUT2D eigenvalue weighted by atomic mass is 10.1. The minimum Gasteiger partial charge on any atom is -0.411 e. The van der Waals surface area contributed by atoms with Gasteiger partial charge in [0.25, 0.3) is 0 Å². The summed E-state index contributed by atoms with van der Waals surface area (Å²) >= 11 is 0. The molecule has 0 unspecified atom stereocenters. The number of carbonyl (C=O) groups excluding carboxylic acids is 1. The molecule has 0 fully saturated rings. The summed E-state index contributed by atoms with van der Waals surface area (Å²) in [6.45, 7) is 1.64. The van der Waals surface area contributed by atoms with Gasteiger partial charge in [-0.1, -0.05) is 17.3 Å². The topological polar surface area (TPSA) is 61.7 Å². The average molecular weight is 260 g/mol. The number of hydrogen-bond acceptors (Lipinski definition) is 3. The van der Waals surface area contributed by atoms with Crippen LogP contribution in [0, 0.1) is 6.92 Å². The van der Waals surface area contributed by atoms with Crippen molar-refractivity contribution in [3.63, 3.8) is 0 Å². The van der Waals surface area contributed by atoms with E-state index < -0.39 is 18.5 Å². The molecule has 0 aliphatic rings. The molecule has 1 aromatic rings. The molecule has 0 bridgehead atoms. The summed E-state index contributed by atoms with van der Waals surface area (Å²) in [5, 5.41) is 13.3. The molecule has 0 spiro atoms. The van der Waals surface area contributed by atoms with Gasteiger partial charge in [0, 0.05) is 5.69 Å². The maximum Gasteiger partial charge on any atom is 0.397 e. The van der Waals surface area contributed by atoms with Gasteiger partial charge >= 0.3 is 6.18 Å². The Morgan fingerprint density at radius 1 is 1.50 bits per heavy atom. The molecular formula is C11H11F3N2O2. The van der Waals surface area contributed by atoms with Crippen molar-refractivity contribution in [2.75, 3.05) is 5.32 Å². The average Bonchev–Trinajstić information content (AvgIpc) is 2.20. The molecular weight excluding hydrogens is 249 g/mol. The van der Waals surface area contributed by atoms with Crippen LogP contribution >= 0.6 is 0 Å². The lowest BCUT2D eigenvalue weighted by Crippen LogP contribution is -2.21.